The van der Waals surface area contributed by atoms with Crippen molar-refractivity contribution in [2.75, 3.05) is 31.1 Å². The summed E-state index contributed by atoms with van der Waals surface area (Å²) in [5.41, 5.74) is 3.45. The van der Waals surface area contributed by atoms with Gasteiger partial charge in [0.1, 0.15) is 0 Å². The smallest absolute Gasteiger partial charge is 0.293 e. The van der Waals surface area contributed by atoms with Crippen LogP contribution in [0.1, 0.15) is 36.1 Å². The molecule has 0 spiro atoms. The van der Waals surface area contributed by atoms with Gasteiger partial charge in [-0.05, 0) is 55.9 Å². The molecular weight excluding hydrogens is 400 g/mol. The first-order valence-electron chi connectivity index (χ1n) is 10.4. The summed E-state index contributed by atoms with van der Waals surface area (Å²) in [6.07, 6.45) is 3.35. The molecule has 1 aliphatic heterocycles. The van der Waals surface area contributed by atoms with E-state index in [1.165, 1.54) is 4.31 Å². The minimum absolute atomic E-state index is 0.122. The highest BCUT2D eigenvalue weighted by Crippen LogP contribution is 2.29. The Balaban J connectivity index is 1.84. The van der Waals surface area contributed by atoms with Crippen LogP contribution in [0.25, 0.3) is 0 Å². The molecule has 0 aliphatic carbocycles. The summed E-state index contributed by atoms with van der Waals surface area (Å²) in [6, 6.07) is 2.03. The first kappa shape index (κ1) is 22.5. The highest BCUT2D eigenvalue weighted by Gasteiger charge is 2.32. The average molecular weight is 433 g/mol. The van der Waals surface area contributed by atoms with E-state index in [1.54, 1.807) is 17.0 Å². The van der Waals surface area contributed by atoms with Gasteiger partial charge in [-0.15, -0.1) is 0 Å². The second kappa shape index (κ2) is 8.51. The number of sulfonamides is 1. The van der Waals surface area contributed by atoms with Gasteiger partial charge in [0.05, 0.1) is 4.90 Å². The Kier molecular flexibility index (Phi) is 6.38. The van der Waals surface area contributed by atoms with Gasteiger partial charge in [-0.1, -0.05) is 19.9 Å². The maximum atomic E-state index is 13.4. The number of hydrogen-bond acceptors (Lipinski definition) is 5. The van der Waals surface area contributed by atoms with Crippen LogP contribution >= 0.6 is 0 Å². The Bertz CT molecular complexity index is 1070. The normalized spacial score (nSPS) is 15.8. The van der Waals surface area contributed by atoms with E-state index in [0.29, 0.717) is 49.4 Å². The third kappa shape index (κ3) is 4.16. The van der Waals surface area contributed by atoms with Crippen molar-refractivity contribution in [3.05, 3.63) is 51.1 Å². The number of piperazine rings is 1. The van der Waals surface area contributed by atoms with Crippen molar-refractivity contribution in [1.29, 1.82) is 0 Å². The minimum atomic E-state index is -3.61. The van der Waals surface area contributed by atoms with Crippen molar-refractivity contribution in [2.24, 2.45) is 5.92 Å². The molecular formula is C22H32N4O3S. The fraction of sp³-hybridized carbons (Fsp3) is 0.545. The van der Waals surface area contributed by atoms with E-state index in [0.717, 1.165) is 22.3 Å². The van der Waals surface area contributed by atoms with E-state index in [2.05, 4.69) is 18.8 Å². The largest absolute Gasteiger partial charge is 0.349 e. The second-order valence-electron chi connectivity index (χ2n) is 8.58. The van der Waals surface area contributed by atoms with Gasteiger partial charge >= 0.3 is 0 Å². The lowest BCUT2D eigenvalue weighted by atomic mass is 10.0. The van der Waals surface area contributed by atoms with Crippen LogP contribution in [0.15, 0.2) is 28.2 Å². The van der Waals surface area contributed by atoms with Gasteiger partial charge in [-0.2, -0.15) is 4.31 Å². The summed E-state index contributed by atoms with van der Waals surface area (Å²) in [6.45, 7) is 13.9. The van der Waals surface area contributed by atoms with Crippen LogP contribution in [-0.4, -0.2) is 48.5 Å². The molecule has 1 aromatic carbocycles. The van der Waals surface area contributed by atoms with Crippen LogP contribution in [0, 0.1) is 33.6 Å². The maximum absolute atomic E-state index is 13.4. The molecule has 3 rings (SSSR count). The zero-order chi connectivity index (χ0) is 22.2. The summed E-state index contributed by atoms with van der Waals surface area (Å²) in [7, 11) is -3.61. The van der Waals surface area contributed by atoms with Crippen molar-refractivity contribution >= 4 is 15.8 Å². The molecule has 1 aromatic heterocycles. The summed E-state index contributed by atoms with van der Waals surface area (Å²) in [5.74, 6) is 0.748. The maximum Gasteiger partial charge on any atom is 0.293 e. The van der Waals surface area contributed by atoms with E-state index in [9.17, 15) is 13.2 Å². The standard InChI is InChI=1S/C22H32N4O3S/c1-15(2)14-25-8-7-23-21(22(25)27)24-9-11-26(12-10-24)30(28,29)20-18(5)16(3)13-17(4)19(20)6/h7-8,13,15H,9-12,14H2,1-6H3. The molecule has 0 N–H and O–H groups in total. The Morgan fingerprint density at radius 1 is 1.00 bits per heavy atom. The summed E-state index contributed by atoms with van der Waals surface area (Å²) in [5, 5.41) is 0. The summed E-state index contributed by atoms with van der Waals surface area (Å²) in [4.78, 5) is 19.4. The monoisotopic (exact) mass is 432 g/mol. The van der Waals surface area contributed by atoms with Gasteiger partial charge in [0.2, 0.25) is 10.0 Å². The molecule has 164 valence electrons. The molecule has 2 heterocycles. The Labute approximate surface area is 179 Å². The van der Waals surface area contributed by atoms with E-state index in [-0.39, 0.29) is 5.56 Å². The van der Waals surface area contributed by atoms with Crippen LogP contribution < -0.4 is 10.5 Å². The molecule has 0 amide bonds. The second-order valence-corrected chi connectivity index (χ2v) is 10.5. The number of anilines is 1. The van der Waals surface area contributed by atoms with Crippen molar-refractivity contribution in [1.82, 2.24) is 13.9 Å². The third-order valence-corrected chi connectivity index (χ3v) is 8.06. The quantitative estimate of drug-likeness (QED) is 0.726. The fourth-order valence-corrected chi connectivity index (χ4v) is 6.02. The van der Waals surface area contributed by atoms with Crippen molar-refractivity contribution in [2.45, 2.75) is 53.0 Å². The zero-order valence-corrected chi connectivity index (χ0v) is 19.6. The van der Waals surface area contributed by atoms with Crippen LogP contribution in [0.2, 0.25) is 0 Å². The Morgan fingerprint density at radius 3 is 2.10 bits per heavy atom. The molecule has 0 unspecified atom stereocenters. The molecule has 8 heteroatoms. The molecule has 0 saturated carbocycles. The van der Waals surface area contributed by atoms with E-state index >= 15 is 0 Å². The summed E-state index contributed by atoms with van der Waals surface area (Å²) >= 11 is 0. The van der Waals surface area contributed by atoms with Gasteiger partial charge in [0.25, 0.3) is 5.56 Å². The van der Waals surface area contributed by atoms with Crippen LogP contribution in [0.5, 0.6) is 0 Å². The molecule has 0 atom stereocenters. The number of rotatable bonds is 5. The highest BCUT2D eigenvalue weighted by molar-refractivity contribution is 7.89. The molecule has 1 saturated heterocycles. The predicted molar refractivity (Wildman–Crippen MR) is 120 cm³/mol. The van der Waals surface area contributed by atoms with Crippen LogP contribution in [0.3, 0.4) is 0 Å². The van der Waals surface area contributed by atoms with E-state index < -0.39 is 10.0 Å². The van der Waals surface area contributed by atoms with Crippen LogP contribution in [-0.2, 0) is 16.6 Å². The Hall–Kier alpha value is -2.19. The molecule has 1 fully saturated rings. The molecule has 30 heavy (non-hydrogen) atoms. The zero-order valence-electron chi connectivity index (χ0n) is 18.8. The lowest BCUT2D eigenvalue weighted by Crippen LogP contribution is -2.50. The van der Waals surface area contributed by atoms with Gasteiger partial charge in [-0.3, -0.25) is 4.79 Å². The fourth-order valence-electron chi connectivity index (χ4n) is 4.03. The van der Waals surface area contributed by atoms with Gasteiger partial charge < -0.3 is 9.47 Å². The van der Waals surface area contributed by atoms with E-state index in [1.807, 2.05) is 38.7 Å². The molecule has 0 radical (unpaired) electrons. The van der Waals surface area contributed by atoms with Crippen LogP contribution in [0.4, 0.5) is 5.82 Å². The lowest BCUT2D eigenvalue weighted by molar-refractivity contribution is 0.382. The predicted octanol–water partition coefficient (Wildman–Crippen LogP) is 2.64. The van der Waals surface area contributed by atoms with Gasteiger partial charge in [0.15, 0.2) is 5.82 Å². The third-order valence-electron chi connectivity index (χ3n) is 5.89. The number of hydrogen-bond donors (Lipinski definition) is 0. The van der Waals surface area contributed by atoms with E-state index in [4.69, 9.17) is 0 Å². The topological polar surface area (TPSA) is 75.5 Å². The highest BCUT2D eigenvalue weighted by atomic mass is 32.2. The van der Waals surface area contributed by atoms with Gasteiger partial charge in [0, 0.05) is 45.1 Å². The number of benzene rings is 1. The van der Waals surface area contributed by atoms with Crippen molar-refractivity contribution < 1.29 is 8.42 Å². The first-order valence-corrected chi connectivity index (χ1v) is 11.9. The number of aromatic nitrogens is 2. The molecule has 1 aliphatic rings. The van der Waals surface area contributed by atoms with Crippen molar-refractivity contribution in [3.63, 3.8) is 0 Å². The average Bonchev–Trinajstić information content (AvgIpc) is 2.68. The lowest BCUT2D eigenvalue weighted by Gasteiger charge is -2.35. The summed E-state index contributed by atoms with van der Waals surface area (Å²) < 4.78 is 30.1. The Morgan fingerprint density at radius 2 is 1.57 bits per heavy atom. The van der Waals surface area contributed by atoms with Gasteiger partial charge in [-0.25, -0.2) is 13.4 Å². The van der Waals surface area contributed by atoms with Crippen molar-refractivity contribution in [3.8, 4) is 0 Å². The number of aryl methyl sites for hydroxylation is 2. The first-order chi connectivity index (χ1) is 14.0. The molecule has 0 bridgehead atoms. The number of nitrogens with zero attached hydrogens (tertiary/aromatic N) is 4. The molecule has 2 aromatic rings. The molecule has 7 nitrogen and oxygen atoms in total. The SMILES string of the molecule is Cc1cc(C)c(C)c(S(=O)(=O)N2CCN(c3nccn(CC(C)C)c3=O)CC2)c1C. The minimum Gasteiger partial charge on any atom is -0.349 e.